The molecule has 0 fully saturated rings. The summed E-state index contributed by atoms with van der Waals surface area (Å²) >= 11 is 0. The minimum absolute atomic E-state index is 0.0275. The third-order valence-corrected chi connectivity index (χ3v) is 2.68. The van der Waals surface area contributed by atoms with E-state index < -0.39 is 0 Å². The largest absolute Gasteiger partial charge is 0.493 e. The minimum Gasteiger partial charge on any atom is -0.493 e. The monoisotopic (exact) mass is 264 g/mol. The van der Waals surface area contributed by atoms with Crippen molar-refractivity contribution in [3.8, 4) is 5.75 Å². The number of nitrogen functional groups attached to an aromatic ring is 1. The van der Waals surface area contributed by atoms with Crippen molar-refractivity contribution >= 4 is 11.6 Å². The van der Waals surface area contributed by atoms with Crippen LogP contribution in [0.1, 0.15) is 33.6 Å². The maximum Gasteiger partial charge on any atom is 0.223 e. The Morgan fingerprint density at radius 1 is 1.26 bits per heavy atom. The molecule has 4 nitrogen and oxygen atoms in total. The van der Waals surface area contributed by atoms with Gasteiger partial charge in [-0.15, -0.1) is 0 Å². The van der Waals surface area contributed by atoms with Crippen LogP contribution in [0, 0.1) is 5.41 Å². The second-order valence-corrected chi connectivity index (χ2v) is 5.83. The molecule has 4 heteroatoms. The molecule has 1 aromatic rings. The van der Waals surface area contributed by atoms with Crippen LogP contribution < -0.4 is 15.8 Å². The van der Waals surface area contributed by atoms with Crippen molar-refractivity contribution in [2.75, 3.05) is 18.9 Å². The molecule has 0 atom stereocenters. The van der Waals surface area contributed by atoms with Gasteiger partial charge in [-0.2, -0.15) is 0 Å². The third-order valence-electron chi connectivity index (χ3n) is 2.68. The number of carbonyl (C=O) groups excluding carboxylic acids is 1. The van der Waals surface area contributed by atoms with Crippen LogP contribution in [0.25, 0.3) is 0 Å². The van der Waals surface area contributed by atoms with Gasteiger partial charge in [-0.05, 0) is 36.1 Å². The van der Waals surface area contributed by atoms with Crippen molar-refractivity contribution in [1.82, 2.24) is 5.32 Å². The molecular formula is C15H24N2O2. The Labute approximate surface area is 115 Å². The molecule has 0 saturated carbocycles. The maximum absolute atomic E-state index is 11.6. The van der Waals surface area contributed by atoms with Gasteiger partial charge >= 0.3 is 0 Å². The van der Waals surface area contributed by atoms with Gasteiger partial charge in [-0.1, -0.05) is 20.8 Å². The van der Waals surface area contributed by atoms with Crippen LogP contribution in [-0.2, 0) is 4.79 Å². The predicted molar refractivity (Wildman–Crippen MR) is 78.0 cm³/mol. The van der Waals surface area contributed by atoms with Crippen LogP contribution in [0.2, 0.25) is 0 Å². The van der Waals surface area contributed by atoms with Gasteiger partial charge in [0.05, 0.1) is 13.0 Å². The zero-order valence-electron chi connectivity index (χ0n) is 12.0. The van der Waals surface area contributed by atoms with Crippen LogP contribution in [0.15, 0.2) is 24.3 Å². The summed E-state index contributed by atoms with van der Waals surface area (Å²) in [5, 5.41) is 2.90. The van der Waals surface area contributed by atoms with E-state index in [0.29, 0.717) is 25.3 Å². The molecule has 19 heavy (non-hydrogen) atoms. The Balaban J connectivity index is 2.15. The third kappa shape index (κ3) is 7.34. The summed E-state index contributed by atoms with van der Waals surface area (Å²) in [4.78, 5) is 11.6. The van der Waals surface area contributed by atoms with Gasteiger partial charge in [-0.25, -0.2) is 0 Å². The molecule has 1 rings (SSSR count). The zero-order chi connectivity index (χ0) is 14.3. The number of ether oxygens (including phenoxy) is 1. The highest BCUT2D eigenvalue weighted by Crippen LogP contribution is 2.17. The highest BCUT2D eigenvalue weighted by atomic mass is 16.5. The number of nitrogens with one attached hydrogen (secondary N) is 1. The summed E-state index contributed by atoms with van der Waals surface area (Å²) in [6.07, 6.45) is 1.34. The Morgan fingerprint density at radius 3 is 2.47 bits per heavy atom. The lowest BCUT2D eigenvalue weighted by atomic mass is 9.92. The summed E-state index contributed by atoms with van der Waals surface area (Å²) in [5.74, 6) is 0.761. The maximum atomic E-state index is 11.6. The highest BCUT2D eigenvalue weighted by molar-refractivity contribution is 5.75. The Morgan fingerprint density at radius 2 is 1.89 bits per heavy atom. The molecule has 0 heterocycles. The van der Waals surface area contributed by atoms with E-state index in [4.69, 9.17) is 10.5 Å². The van der Waals surface area contributed by atoms with Crippen molar-refractivity contribution in [1.29, 1.82) is 0 Å². The highest BCUT2D eigenvalue weighted by Gasteiger charge is 2.10. The van der Waals surface area contributed by atoms with E-state index in [2.05, 4.69) is 26.1 Å². The second-order valence-electron chi connectivity index (χ2n) is 5.83. The van der Waals surface area contributed by atoms with Gasteiger partial charge in [0.25, 0.3) is 0 Å². The molecule has 0 aliphatic heterocycles. The van der Waals surface area contributed by atoms with E-state index in [1.165, 1.54) is 0 Å². The van der Waals surface area contributed by atoms with Crippen LogP contribution in [-0.4, -0.2) is 19.1 Å². The summed E-state index contributed by atoms with van der Waals surface area (Å²) < 4.78 is 5.46. The van der Waals surface area contributed by atoms with Gasteiger partial charge in [0.15, 0.2) is 0 Å². The minimum atomic E-state index is 0.0275. The fourth-order valence-corrected chi connectivity index (χ4v) is 1.49. The number of hydrogen-bond acceptors (Lipinski definition) is 3. The number of hydrogen-bond donors (Lipinski definition) is 2. The summed E-state index contributed by atoms with van der Waals surface area (Å²) in [5.41, 5.74) is 6.52. The molecule has 1 amide bonds. The van der Waals surface area contributed by atoms with E-state index in [-0.39, 0.29) is 11.3 Å². The molecule has 0 aliphatic rings. The van der Waals surface area contributed by atoms with Gasteiger partial charge in [0.1, 0.15) is 5.75 Å². The van der Waals surface area contributed by atoms with E-state index in [9.17, 15) is 4.79 Å². The van der Waals surface area contributed by atoms with E-state index in [1.807, 2.05) is 0 Å². The Kier molecular flexibility index (Phi) is 5.67. The first kappa shape index (κ1) is 15.3. The first-order valence-electron chi connectivity index (χ1n) is 6.62. The lowest BCUT2D eigenvalue weighted by Gasteiger charge is -2.18. The smallest absolute Gasteiger partial charge is 0.223 e. The molecule has 0 spiro atoms. The lowest BCUT2D eigenvalue weighted by molar-refractivity contribution is -0.121. The average Bonchev–Trinajstić information content (AvgIpc) is 2.30. The van der Waals surface area contributed by atoms with Crippen LogP contribution in [0.4, 0.5) is 5.69 Å². The number of carbonyl (C=O) groups is 1. The van der Waals surface area contributed by atoms with Crippen LogP contribution >= 0.6 is 0 Å². The summed E-state index contributed by atoms with van der Waals surface area (Å²) in [6, 6.07) is 7.15. The van der Waals surface area contributed by atoms with Crippen molar-refractivity contribution < 1.29 is 9.53 Å². The first-order chi connectivity index (χ1) is 8.87. The number of nitrogens with two attached hydrogens (primary N) is 1. The standard InChI is InChI=1S/C15H24N2O2/c1-15(2,3)9-10-17-14(18)8-11-19-13-6-4-12(16)5-7-13/h4-7H,8-11,16H2,1-3H3,(H,17,18). The molecule has 3 N–H and O–H groups in total. The Bertz CT molecular complexity index is 394. The Hall–Kier alpha value is -1.71. The first-order valence-corrected chi connectivity index (χ1v) is 6.62. The summed E-state index contributed by atoms with van der Waals surface area (Å²) in [6.45, 7) is 7.56. The lowest BCUT2D eigenvalue weighted by Crippen LogP contribution is -2.28. The molecule has 0 aliphatic carbocycles. The zero-order valence-corrected chi connectivity index (χ0v) is 12.0. The molecule has 0 aromatic heterocycles. The van der Waals surface area contributed by atoms with Crippen molar-refractivity contribution in [3.63, 3.8) is 0 Å². The van der Waals surface area contributed by atoms with Gasteiger partial charge in [-0.3, -0.25) is 4.79 Å². The fraction of sp³-hybridized carbons (Fsp3) is 0.533. The fourth-order valence-electron chi connectivity index (χ4n) is 1.49. The van der Waals surface area contributed by atoms with Crippen LogP contribution in [0.5, 0.6) is 5.75 Å². The molecule has 1 aromatic carbocycles. The molecular weight excluding hydrogens is 240 g/mol. The van der Waals surface area contributed by atoms with E-state index >= 15 is 0 Å². The average molecular weight is 264 g/mol. The molecule has 0 unspecified atom stereocenters. The number of benzene rings is 1. The summed E-state index contributed by atoms with van der Waals surface area (Å²) in [7, 11) is 0. The molecule has 0 saturated heterocycles. The van der Waals surface area contributed by atoms with Crippen molar-refractivity contribution in [2.24, 2.45) is 5.41 Å². The number of amides is 1. The van der Waals surface area contributed by atoms with Crippen molar-refractivity contribution in [3.05, 3.63) is 24.3 Å². The molecule has 0 radical (unpaired) electrons. The number of rotatable bonds is 6. The van der Waals surface area contributed by atoms with Gasteiger partial charge < -0.3 is 15.8 Å². The molecule has 0 bridgehead atoms. The number of anilines is 1. The van der Waals surface area contributed by atoms with Gasteiger partial charge in [0, 0.05) is 12.2 Å². The van der Waals surface area contributed by atoms with E-state index in [0.717, 1.165) is 12.2 Å². The van der Waals surface area contributed by atoms with Gasteiger partial charge in [0.2, 0.25) is 5.91 Å². The predicted octanol–water partition coefficient (Wildman–Crippen LogP) is 2.59. The quantitative estimate of drug-likeness (QED) is 0.776. The molecule has 106 valence electrons. The second kappa shape index (κ2) is 7.02. The normalized spacial score (nSPS) is 11.1. The van der Waals surface area contributed by atoms with Crippen LogP contribution in [0.3, 0.4) is 0 Å². The van der Waals surface area contributed by atoms with E-state index in [1.54, 1.807) is 24.3 Å². The topological polar surface area (TPSA) is 64.3 Å². The van der Waals surface area contributed by atoms with Crippen molar-refractivity contribution in [2.45, 2.75) is 33.6 Å². The SMILES string of the molecule is CC(C)(C)CCNC(=O)CCOc1ccc(N)cc1.